The van der Waals surface area contributed by atoms with E-state index in [4.69, 9.17) is 0 Å². The average molecular weight is 331 g/mol. The number of benzene rings is 1. The molecule has 0 spiro atoms. The zero-order valence-corrected chi connectivity index (χ0v) is 14.5. The van der Waals surface area contributed by atoms with Crippen LogP contribution < -0.4 is 16.0 Å². The summed E-state index contributed by atoms with van der Waals surface area (Å²) in [6, 6.07) is 10.3. The van der Waals surface area contributed by atoms with Gasteiger partial charge in [-0.2, -0.15) is 0 Å². The molecule has 1 saturated carbocycles. The van der Waals surface area contributed by atoms with Crippen LogP contribution in [0.25, 0.3) is 0 Å². The fourth-order valence-electron chi connectivity index (χ4n) is 3.38. The second-order valence-corrected chi connectivity index (χ2v) is 6.40. The minimum atomic E-state index is -0.167. The number of nitrogens with one attached hydrogen (secondary N) is 3. The first-order chi connectivity index (χ1) is 11.7. The van der Waals surface area contributed by atoms with Gasteiger partial charge in [-0.05, 0) is 24.3 Å². The van der Waals surface area contributed by atoms with Crippen LogP contribution in [-0.2, 0) is 4.79 Å². The summed E-state index contributed by atoms with van der Waals surface area (Å²) in [5.74, 6) is 1.03. The Morgan fingerprint density at radius 2 is 1.71 bits per heavy atom. The van der Waals surface area contributed by atoms with Crippen molar-refractivity contribution in [1.29, 1.82) is 0 Å². The lowest BCUT2D eigenvalue weighted by atomic mass is 9.85. The molecule has 24 heavy (non-hydrogen) atoms. The molecule has 1 fully saturated rings. The first-order valence-corrected chi connectivity index (χ1v) is 9.04. The summed E-state index contributed by atoms with van der Waals surface area (Å²) in [7, 11) is 0. The van der Waals surface area contributed by atoms with Gasteiger partial charge in [0.05, 0.1) is 0 Å². The summed E-state index contributed by atoms with van der Waals surface area (Å²) in [5, 5.41) is 8.53. The largest absolute Gasteiger partial charge is 0.354 e. The van der Waals surface area contributed by atoms with Crippen molar-refractivity contribution in [2.45, 2.75) is 44.9 Å². The third kappa shape index (κ3) is 5.87. The molecule has 1 aliphatic carbocycles. The van der Waals surface area contributed by atoms with Crippen molar-refractivity contribution in [3.63, 3.8) is 0 Å². The lowest BCUT2D eigenvalue weighted by Gasteiger charge is -2.24. The zero-order valence-electron chi connectivity index (χ0n) is 14.5. The summed E-state index contributed by atoms with van der Waals surface area (Å²) in [4.78, 5) is 23.1. The van der Waals surface area contributed by atoms with E-state index in [1.54, 1.807) is 0 Å². The van der Waals surface area contributed by atoms with Crippen LogP contribution >= 0.6 is 0 Å². The maximum absolute atomic E-state index is 12.0. The smallest absolute Gasteiger partial charge is 0.314 e. The summed E-state index contributed by atoms with van der Waals surface area (Å²) < 4.78 is 0. The van der Waals surface area contributed by atoms with E-state index in [2.05, 4.69) is 40.2 Å². The van der Waals surface area contributed by atoms with Gasteiger partial charge in [0.2, 0.25) is 5.91 Å². The van der Waals surface area contributed by atoms with Crippen LogP contribution in [0, 0.1) is 5.92 Å². The van der Waals surface area contributed by atoms with Gasteiger partial charge in [-0.15, -0.1) is 0 Å². The second-order valence-electron chi connectivity index (χ2n) is 6.40. The summed E-state index contributed by atoms with van der Waals surface area (Å²) in [5.41, 5.74) is 1.31. The van der Waals surface area contributed by atoms with Gasteiger partial charge in [0.25, 0.3) is 0 Å². The van der Waals surface area contributed by atoms with Crippen molar-refractivity contribution in [3.8, 4) is 0 Å². The van der Waals surface area contributed by atoms with E-state index in [-0.39, 0.29) is 11.9 Å². The Balaban J connectivity index is 1.78. The molecule has 132 valence electrons. The highest BCUT2D eigenvalue weighted by atomic mass is 16.2. The van der Waals surface area contributed by atoms with Crippen LogP contribution in [0.2, 0.25) is 0 Å². The van der Waals surface area contributed by atoms with E-state index in [0.29, 0.717) is 37.9 Å². The minimum Gasteiger partial charge on any atom is -0.354 e. The SMILES string of the molecule is CCC(=O)NCCNC(=O)NCC(c1ccccc1)C1CCCC1. The summed E-state index contributed by atoms with van der Waals surface area (Å²) >= 11 is 0. The summed E-state index contributed by atoms with van der Waals surface area (Å²) in [6.07, 6.45) is 5.53. The monoisotopic (exact) mass is 331 g/mol. The minimum absolute atomic E-state index is 0.00239. The molecule has 1 aromatic carbocycles. The fraction of sp³-hybridized carbons (Fsp3) is 0.579. The molecular formula is C19H29N3O2. The van der Waals surface area contributed by atoms with Gasteiger partial charge in [0.1, 0.15) is 0 Å². The third-order valence-corrected chi connectivity index (χ3v) is 4.73. The van der Waals surface area contributed by atoms with Gasteiger partial charge in [-0.1, -0.05) is 50.1 Å². The predicted molar refractivity (Wildman–Crippen MR) is 95.8 cm³/mol. The molecule has 1 aromatic rings. The number of hydrogen-bond acceptors (Lipinski definition) is 2. The molecule has 3 N–H and O–H groups in total. The molecule has 1 atom stereocenters. The Bertz CT molecular complexity index is 513. The Hall–Kier alpha value is -2.04. The standard InChI is InChI=1S/C19H29N3O2/c1-2-18(23)20-12-13-21-19(24)22-14-17(16-10-6-7-11-16)15-8-4-3-5-9-15/h3-5,8-9,16-17H,2,6-7,10-14H2,1H3,(H,20,23)(H2,21,22,24). The molecule has 1 aliphatic rings. The van der Waals surface area contributed by atoms with Gasteiger partial charge in [-0.25, -0.2) is 4.79 Å². The highest BCUT2D eigenvalue weighted by molar-refractivity contribution is 5.76. The topological polar surface area (TPSA) is 70.2 Å². The van der Waals surface area contributed by atoms with Crippen LogP contribution in [0.3, 0.4) is 0 Å². The normalized spacial score (nSPS) is 15.7. The van der Waals surface area contributed by atoms with E-state index >= 15 is 0 Å². The third-order valence-electron chi connectivity index (χ3n) is 4.73. The lowest BCUT2D eigenvalue weighted by molar-refractivity contribution is -0.120. The molecule has 3 amide bonds. The molecule has 0 aromatic heterocycles. The highest BCUT2D eigenvalue weighted by Crippen LogP contribution is 2.36. The predicted octanol–water partition coefficient (Wildman–Crippen LogP) is 2.79. The molecule has 2 rings (SSSR count). The van der Waals surface area contributed by atoms with Gasteiger partial charge in [0.15, 0.2) is 0 Å². The van der Waals surface area contributed by atoms with E-state index in [0.717, 1.165) is 0 Å². The molecule has 0 saturated heterocycles. The van der Waals surface area contributed by atoms with E-state index in [1.807, 2.05) is 13.0 Å². The molecule has 0 radical (unpaired) electrons. The van der Waals surface area contributed by atoms with Crippen molar-refractivity contribution in [1.82, 2.24) is 16.0 Å². The average Bonchev–Trinajstić information content (AvgIpc) is 3.14. The van der Waals surface area contributed by atoms with Crippen molar-refractivity contribution in [2.24, 2.45) is 5.92 Å². The molecule has 5 nitrogen and oxygen atoms in total. The number of hydrogen-bond donors (Lipinski definition) is 3. The van der Waals surface area contributed by atoms with E-state index in [9.17, 15) is 9.59 Å². The number of carbonyl (C=O) groups excluding carboxylic acids is 2. The Morgan fingerprint density at radius 1 is 1.04 bits per heavy atom. The maximum Gasteiger partial charge on any atom is 0.314 e. The van der Waals surface area contributed by atoms with Crippen molar-refractivity contribution in [2.75, 3.05) is 19.6 Å². The number of urea groups is 1. The summed E-state index contributed by atoms with van der Waals surface area (Å²) in [6.45, 7) is 3.37. The van der Waals surface area contributed by atoms with E-state index in [1.165, 1.54) is 31.2 Å². The zero-order chi connectivity index (χ0) is 17.2. The van der Waals surface area contributed by atoms with Gasteiger partial charge in [0, 0.05) is 32.0 Å². The van der Waals surface area contributed by atoms with Crippen LogP contribution in [0.15, 0.2) is 30.3 Å². The Morgan fingerprint density at radius 3 is 2.38 bits per heavy atom. The van der Waals surface area contributed by atoms with Gasteiger partial charge < -0.3 is 16.0 Å². The second kappa shape index (κ2) is 9.96. The number of carbonyl (C=O) groups is 2. The number of amides is 3. The number of rotatable bonds is 8. The molecule has 1 unspecified atom stereocenters. The van der Waals surface area contributed by atoms with Crippen LogP contribution in [0.1, 0.15) is 50.5 Å². The van der Waals surface area contributed by atoms with Crippen molar-refractivity contribution < 1.29 is 9.59 Å². The van der Waals surface area contributed by atoms with Gasteiger partial charge in [-0.3, -0.25) is 4.79 Å². The molecule has 5 heteroatoms. The highest BCUT2D eigenvalue weighted by Gasteiger charge is 2.26. The Labute approximate surface area is 144 Å². The maximum atomic E-state index is 12.0. The van der Waals surface area contributed by atoms with Crippen molar-refractivity contribution >= 4 is 11.9 Å². The fourth-order valence-corrected chi connectivity index (χ4v) is 3.38. The quantitative estimate of drug-likeness (QED) is 0.641. The lowest BCUT2D eigenvalue weighted by Crippen LogP contribution is -2.42. The molecule has 0 bridgehead atoms. The van der Waals surface area contributed by atoms with Crippen molar-refractivity contribution in [3.05, 3.63) is 35.9 Å². The van der Waals surface area contributed by atoms with Crippen LogP contribution in [0.5, 0.6) is 0 Å². The molecule has 0 aliphatic heterocycles. The van der Waals surface area contributed by atoms with Gasteiger partial charge >= 0.3 is 6.03 Å². The van der Waals surface area contributed by atoms with Crippen LogP contribution in [0.4, 0.5) is 4.79 Å². The van der Waals surface area contributed by atoms with Crippen LogP contribution in [-0.4, -0.2) is 31.6 Å². The van der Waals surface area contributed by atoms with E-state index < -0.39 is 0 Å². The molecule has 0 heterocycles. The molecular weight excluding hydrogens is 302 g/mol. The first-order valence-electron chi connectivity index (χ1n) is 9.04. The first kappa shape index (κ1) is 18.3. The Kier molecular flexibility index (Phi) is 7.59.